The Hall–Kier alpha value is -1.62. The molecule has 1 rings (SSSR count). The Morgan fingerprint density at radius 3 is 2.76 bits per heavy atom. The van der Waals surface area contributed by atoms with Crippen LogP contribution in [-0.2, 0) is 11.2 Å². The highest BCUT2D eigenvalue weighted by atomic mass is 19.1. The highest BCUT2D eigenvalue weighted by Gasteiger charge is 2.16. The maximum atomic E-state index is 13.1. The summed E-state index contributed by atoms with van der Waals surface area (Å²) in [4.78, 5) is 11.1. The summed E-state index contributed by atoms with van der Waals surface area (Å²) >= 11 is 0. The number of ether oxygens (including phenoxy) is 1. The van der Waals surface area contributed by atoms with Crippen molar-refractivity contribution < 1.29 is 13.9 Å². The van der Waals surface area contributed by atoms with Crippen LogP contribution in [0.15, 0.2) is 18.2 Å². The number of amides is 1. The van der Waals surface area contributed by atoms with E-state index in [0.29, 0.717) is 30.7 Å². The van der Waals surface area contributed by atoms with E-state index < -0.39 is 12.0 Å². The van der Waals surface area contributed by atoms with E-state index >= 15 is 0 Å². The molecule has 0 radical (unpaired) electrons. The number of benzene rings is 1. The summed E-state index contributed by atoms with van der Waals surface area (Å²) in [7, 11) is 0. The molecule has 1 amide bonds. The molecule has 0 saturated heterocycles. The quantitative estimate of drug-likeness (QED) is 0.777. The second kappa shape index (κ2) is 6.20. The van der Waals surface area contributed by atoms with Gasteiger partial charge < -0.3 is 16.2 Å². The van der Waals surface area contributed by atoms with E-state index in [-0.39, 0.29) is 5.82 Å². The molecule has 0 aromatic heterocycles. The molecular formula is C12H17FN2O2. The van der Waals surface area contributed by atoms with Crippen LogP contribution in [0.3, 0.4) is 0 Å². The number of hydrogen-bond acceptors (Lipinski definition) is 3. The Morgan fingerprint density at radius 2 is 2.24 bits per heavy atom. The summed E-state index contributed by atoms with van der Waals surface area (Å²) in [6, 6.07) is 4.13. The average Bonchev–Trinajstić information content (AvgIpc) is 2.28. The molecule has 0 aliphatic carbocycles. The molecule has 0 spiro atoms. The first kappa shape index (κ1) is 13.4. The fourth-order valence-electron chi connectivity index (χ4n) is 1.51. The van der Waals surface area contributed by atoms with E-state index in [1.165, 1.54) is 18.2 Å². The topological polar surface area (TPSA) is 78.3 Å². The Balaban J connectivity index is 2.92. The van der Waals surface area contributed by atoms with Gasteiger partial charge in [0.15, 0.2) is 6.10 Å². The highest BCUT2D eigenvalue weighted by molar-refractivity contribution is 5.79. The minimum absolute atomic E-state index is 0.354. The van der Waals surface area contributed by atoms with Crippen LogP contribution in [0.4, 0.5) is 4.39 Å². The van der Waals surface area contributed by atoms with E-state index in [2.05, 4.69) is 0 Å². The summed E-state index contributed by atoms with van der Waals surface area (Å²) in [5.41, 5.74) is 11.3. The molecule has 0 saturated carbocycles. The minimum Gasteiger partial charge on any atom is -0.480 e. The third-order valence-corrected chi connectivity index (χ3v) is 2.39. The monoisotopic (exact) mass is 240 g/mol. The van der Waals surface area contributed by atoms with E-state index in [9.17, 15) is 9.18 Å². The van der Waals surface area contributed by atoms with E-state index in [1.807, 2.05) is 0 Å². The second-order valence-corrected chi connectivity index (χ2v) is 3.71. The number of primary amides is 1. The molecule has 0 aliphatic heterocycles. The van der Waals surface area contributed by atoms with Gasteiger partial charge in [-0.3, -0.25) is 4.79 Å². The molecule has 1 unspecified atom stereocenters. The Morgan fingerprint density at radius 1 is 1.53 bits per heavy atom. The normalized spacial score (nSPS) is 12.2. The number of carbonyl (C=O) groups excluding carboxylic acids is 1. The van der Waals surface area contributed by atoms with Crippen molar-refractivity contribution in [2.45, 2.75) is 25.9 Å². The van der Waals surface area contributed by atoms with Crippen LogP contribution in [0.25, 0.3) is 0 Å². The molecule has 0 bridgehead atoms. The number of halogens is 1. The lowest BCUT2D eigenvalue weighted by Crippen LogP contribution is -2.33. The van der Waals surface area contributed by atoms with Crippen molar-refractivity contribution >= 4 is 5.91 Å². The van der Waals surface area contributed by atoms with Crippen molar-refractivity contribution in [3.63, 3.8) is 0 Å². The predicted octanol–water partition coefficient (Wildman–Crippen LogP) is 0.970. The van der Waals surface area contributed by atoms with Crippen LogP contribution in [0, 0.1) is 5.82 Å². The molecule has 0 fully saturated rings. The average molecular weight is 240 g/mol. The number of carbonyl (C=O) groups is 1. The van der Waals surface area contributed by atoms with Gasteiger partial charge in [0, 0.05) is 0 Å². The van der Waals surface area contributed by atoms with E-state index in [1.54, 1.807) is 6.92 Å². The van der Waals surface area contributed by atoms with Gasteiger partial charge in [0.2, 0.25) is 0 Å². The van der Waals surface area contributed by atoms with E-state index in [4.69, 9.17) is 16.2 Å². The third kappa shape index (κ3) is 3.71. The molecule has 0 aliphatic rings. The first-order valence-corrected chi connectivity index (χ1v) is 5.53. The van der Waals surface area contributed by atoms with Crippen molar-refractivity contribution in [3.05, 3.63) is 29.6 Å². The second-order valence-electron chi connectivity index (χ2n) is 3.71. The van der Waals surface area contributed by atoms with Gasteiger partial charge in [-0.2, -0.15) is 0 Å². The molecule has 94 valence electrons. The van der Waals surface area contributed by atoms with Crippen LogP contribution >= 0.6 is 0 Å². The summed E-state index contributed by atoms with van der Waals surface area (Å²) < 4.78 is 18.5. The van der Waals surface area contributed by atoms with Crippen LogP contribution in [0.5, 0.6) is 5.75 Å². The molecule has 1 aromatic carbocycles. The SMILES string of the molecule is CCC(Oc1ccc(F)cc1CCN)C(N)=O. The standard InChI is InChI=1S/C12H17FN2O2/c1-2-10(12(15)16)17-11-4-3-9(13)7-8(11)5-6-14/h3-4,7,10H,2,5-6,14H2,1H3,(H2,15,16). The zero-order valence-corrected chi connectivity index (χ0v) is 9.78. The molecule has 0 heterocycles. The third-order valence-electron chi connectivity index (χ3n) is 2.39. The zero-order valence-electron chi connectivity index (χ0n) is 9.78. The lowest BCUT2D eigenvalue weighted by molar-refractivity contribution is -0.124. The maximum absolute atomic E-state index is 13.1. The largest absolute Gasteiger partial charge is 0.480 e. The van der Waals surface area contributed by atoms with Crippen LogP contribution in [0.1, 0.15) is 18.9 Å². The number of rotatable bonds is 6. The fourth-order valence-corrected chi connectivity index (χ4v) is 1.51. The van der Waals surface area contributed by atoms with Crippen LogP contribution in [-0.4, -0.2) is 18.6 Å². The first-order valence-electron chi connectivity index (χ1n) is 5.53. The Bertz CT molecular complexity index is 396. The minimum atomic E-state index is -0.697. The van der Waals surface area contributed by atoms with Crippen molar-refractivity contribution in [1.82, 2.24) is 0 Å². The van der Waals surface area contributed by atoms with Gasteiger partial charge in [-0.15, -0.1) is 0 Å². The van der Waals surface area contributed by atoms with Gasteiger partial charge in [0.25, 0.3) is 5.91 Å². The molecule has 17 heavy (non-hydrogen) atoms. The predicted molar refractivity (Wildman–Crippen MR) is 63.1 cm³/mol. The van der Waals surface area contributed by atoms with Crippen LogP contribution in [0.2, 0.25) is 0 Å². The van der Waals surface area contributed by atoms with Gasteiger partial charge >= 0.3 is 0 Å². The van der Waals surface area contributed by atoms with E-state index in [0.717, 1.165) is 0 Å². The molecular weight excluding hydrogens is 223 g/mol. The van der Waals surface area contributed by atoms with Gasteiger partial charge in [-0.25, -0.2) is 4.39 Å². The molecule has 1 atom stereocenters. The lowest BCUT2D eigenvalue weighted by atomic mass is 10.1. The van der Waals surface area contributed by atoms with Gasteiger partial charge in [-0.1, -0.05) is 6.92 Å². The van der Waals surface area contributed by atoms with Crippen molar-refractivity contribution in [2.24, 2.45) is 11.5 Å². The lowest BCUT2D eigenvalue weighted by Gasteiger charge is -2.17. The number of hydrogen-bond donors (Lipinski definition) is 2. The molecule has 1 aromatic rings. The number of nitrogens with two attached hydrogens (primary N) is 2. The highest BCUT2D eigenvalue weighted by Crippen LogP contribution is 2.22. The van der Waals surface area contributed by atoms with Crippen molar-refractivity contribution in [3.8, 4) is 5.75 Å². The smallest absolute Gasteiger partial charge is 0.258 e. The summed E-state index contributed by atoms with van der Waals surface area (Å²) in [5.74, 6) is -0.425. The van der Waals surface area contributed by atoms with Crippen molar-refractivity contribution in [2.75, 3.05) is 6.54 Å². The summed E-state index contributed by atoms with van der Waals surface area (Å²) in [5, 5.41) is 0. The molecule has 4 nitrogen and oxygen atoms in total. The summed E-state index contributed by atoms with van der Waals surface area (Å²) in [6.07, 6.45) is 0.258. The zero-order chi connectivity index (χ0) is 12.8. The van der Waals surface area contributed by atoms with Crippen LogP contribution < -0.4 is 16.2 Å². The van der Waals surface area contributed by atoms with Crippen molar-refractivity contribution in [1.29, 1.82) is 0 Å². The molecule has 4 N–H and O–H groups in total. The Kier molecular flexibility index (Phi) is 4.90. The molecule has 5 heteroatoms. The van der Waals surface area contributed by atoms with Gasteiger partial charge in [0.1, 0.15) is 11.6 Å². The maximum Gasteiger partial charge on any atom is 0.258 e. The summed E-state index contributed by atoms with van der Waals surface area (Å²) in [6.45, 7) is 2.18. The van der Waals surface area contributed by atoms with Gasteiger partial charge in [0.05, 0.1) is 0 Å². The fraction of sp³-hybridized carbons (Fsp3) is 0.417. The first-order chi connectivity index (χ1) is 8.08. The van der Waals surface area contributed by atoms with Gasteiger partial charge in [-0.05, 0) is 43.1 Å². The Labute approximate surface area is 99.7 Å².